The third kappa shape index (κ3) is 3.45. The zero-order valence-electron chi connectivity index (χ0n) is 13.8. The van der Waals surface area contributed by atoms with Crippen LogP contribution in [0.15, 0.2) is 36.7 Å². The molecular formula is C17H16Cl2N6O. The molecule has 1 aliphatic heterocycles. The van der Waals surface area contributed by atoms with E-state index in [9.17, 15) is 4.79 Å². The van der Waals surface area contributed by atoms with Crippen LogP contribution in [-0.4, -0.2) is 56.8 Å². The SMILES string of the molecule is O=C(Cc1ccc(Cl)cc1Cl)N1CCN(c2ccc3nncn3n2)CC1. The summed E-state index contributed by atoms with van der Waals surface area (Å²) in [7, 11) is 0. The van der Waals surface area contributed by atoms with Gasteiger partial charge in [0.2, 0.25) is 5.91 Å². The largest absolute Gasteiger partial charge is 0.352 e. The first-order valence-corrected chi connectivity index (χ1v) is 8.99. The average molecular weight is 391 g/mol. The maximum Gasteiger partial charge on any atom is 0.227 e. The molecule has 0 aliphatic carbocycles. The maximum atomic E-state index is 12.6. The van der Waals surface area contributed by atoms with Crippen molar-refractivity contribution in [3.05, 3.63) is 52.3 Å². The number of anilines is 1. The Hall–Kier alpha value is -2.38. The molecule has 0 saturated carbocycles. The van der Waals surface area contributed by atoms with E-state index < -0.39 is 0 Å². The number of benzene rings is 1. The summed E-state index contributed by atoms with van der Waals surface area (Å²) in [5.41, 5.74) is 1.51. The molecule has 0 bridgehead atoms. The molecule has 0 radical (unpaired) electrons. The second-order valence-electron chi connectivity index (χ2n) is 6.11. The van der Waals surface area contributed by atoms with E-state index >= 15 is 0 Å². The highest BCUT2D eigenvalue weighted by Crippen LogP contribution is 2.22. The highest BCUT2D eigenvalue weighted by Gasteiger charge is 2.23. The fraction of sp³-hybridized carbons (Fsp3) is 0.294. The molecule has 0 unspecified atom stereocenters. The number of rotatable bonds is 3. The molecule has 1 aliphatic rings. The Balaban J connectivity index is 1.38. The number of carbonyl (C=O) groups is 1. The van der Waals surface area contributed by atoms with Gasteiger partial charge in [-0.1, -0.05) is 29.3 Å². The molecule has 1 saturated heterocycles. The van der Waals surface area contributed by atoms with Crippen LogP contribution in [0.5, 0.6) is 0 Å². The third-order valence-electron chi connectivity index (χ3n) is 4.46. The zero-order valence-corrected chi connectivity index (χ0v) is 15.4. The van der Waals surface area contributed by atoms with Gasteiger partial charge in [-0.15, -0.1) is 15.3 Å². The van der Waals surface area contributed by atoms with Gasteiger partial charge >= 0.3 is 0 Å². The van der Waals surface area contributed by atoms with Crippen molar-refractivity contribution >= 4 is 40.6 Å². The predicted molar refractivity (Wildman–Crippen MR) is 99.7 cm³/mol. The minimum Gasteiger partial charge on any atom is -0.352 e. The predicted octanol–water partition coefficient (Wildman–Crippen LogP) is 2.32. The Labute approximate surface area is 160 Å². The Morgan fingerprint density at radius 3 is 2.65 bits per heavy atom. The Morgan fingerprint density at radius 2 is 1.88 bits per heavy atom. The fourth-order valence-electron chi connectivity index (χ4n) is 3.01. The molecule has 0 spiro atoms. The van der Waals surface area contributed by atoms with Crippen molar-refractivity contribution in [2.75, 3.05) is 31.1 Å². The molecule has 3 heterocycles. The first-order valence-electron chi connectivity index (χ1n) is 8.24. The van der Waals surface area contributed by atoms with E-state index in [0.29, 0.717) is 28.8 Å². The van der Waals surface area contributed by atoms with Gasteiger partial charge in [0, 0.05) is 36.2 Å². The molecule has 134 valence electrons. The van der Waals surface area contributed by atoms with E-state index in [1.54, 1.807) is 29.0 Å². The molecule has 4 rings (SSSR count). The fourth-order valence-corrected chi connectivity index (χ4v) is 3.49. The molecule has 3 aromatic rings. The van der Waals surface area contributed by atoms with Crippen molar-refractivity contribution in [3.8, 4) is 0 Å². The van der Waals surface area contributed by atoms with E-state index in [2.05, 4.69) is 20.2 Å². The van der Waals surface area contributed by atoms with Crippen LogP contribution in [0.1, 0.15) is 5.56 Å². The Morgan fingerprint density at radius 1 is 1.08 bits per heavy atom. The van der Waals surface area contributed by atoms with Gasteiger partial charge < -0.3 is 9.80 Å². The van der Waals surface area contributed by atoms with Gasteiger partial charge in [-0.25, -0.2) is 0 Å². The summed E-state index contributed by atoms with van der Waals surface area (Å²) in [6.45, 7) is 2.74. The molecule has 1 fully saturated rings. The van der Waals surface area contributed by atoms with E-state index in [4.69, 9.17) is 23.2 Å². The summed E-state index contributed by atoms with van der Waals surface area (Å²) in [6.07, 6.45) is 1.86. The molecule has 0 N–H and O–H groups in total. The molecule has 7 nitrogen and oxygen atoms in total. The lowest BCUT2D eigenvalue weighted by molar-refractivity contribution is -0.130. The molecule has 9 heteroatoms. The third-order valence-corrected chi connectivity index (χ3v) is 5.05. The number of piperazine rings is 1. The second-order valence-corrected chi connectivity index (χ2v) is 6.95. The van der Waals surface area contributed by atoms with Crippen molar-refractivity contribution < 1.29 is 4.79 Å². The monoisotopic (exact) mass is 390 g/mol. The van der Waals surface area contributed by atoms with Crippen LogP contribution in [0.25, 0.3) is 5.65 Å². The summed E-state index contributed by atoms with van der Waals surface area (Å²) >= 11 is 12.1. The highest BCUT2D eigenvalue weighted by atomic mass is 35.5. The average Bonchev–Trinajstić information content (AvgIpc) is 3.12. The van der Waals surface area contributed by atoms with E-state index in [1.807, 2.05) is 17.0 Å². The van der Waals surface area contributed by atoms with Crippen molar-refractivity contribution in [2.45, 2.75) is 6.42 Å². The maximum absolute atomic E-state index is 12.6. The van der Waals surface area contributed by atoms with Crippen molar-refractivity contribution in [1.29, 1.82) is 0 Å². The topological polar surface area (TPSA) is 66.6 Å². The van der Waals surface area contributed by atoms with Crippen LogP contribution in [-0.2, 0) is 11.2 Å². The first-order chi connectivity index (χ1) is 12.6. The van der Waals surface area contributed by atoms with Crippen LogP contribution in [0.3, 0.4) is 0 Å². The van der Waals surface area contributed by atoms with Gasteiger partial charge in [-0.3, -0.25) is 4.79 Å². The summed E-state index contributed by atoms with van der Waals surface area (Å²) < 4.78 is 1.65. The lowest BCUT2D eigenvalue weighted by Gasteiger charge is -2.35. The number of hydrogen-bond donors (Lipinski definition) is 0. The molecule has 1 amide bonds. The van der Waals surface area contributed by atoms with Crippen LogP contribution in [0.2, 0.25) is 10.0 Å². The van der Waals surface area contributed by atoms with Crippen molar-refractivity contribution in [2.24, 2.45) is 0 Å². The van der Waals surface area contributed by atoms with Gasteiger partial charge in [0.05, 0.1) is 6.42 Å². The number of hydrogen-bond acceptors (Lipinski definition) is 5. The molecule has 2 aromatic heterocycles. The Kier molecular flexibility index (Phi) is 4.65. The van der Waals surface area contributed by atoms with Gasteiger partial charge in [-0.05, 0) is 29.8 Å². The normalized spacial score (nSPS) is 14.8. The minimum absolute atomic E-state index is 0.0658. The molecule has 1 aromatic carbocycles. The molecular weight excluding hydrogens is 375 g/mol. The van der Waals surface area contributed by atoms with Crippen LogP contribution in [0, 0.1) is 0 Å². The lowest BCUT2D eigenvalue weighted by atomic mass is 10.1. The zero-order chi connectivity index (χ0) is 18.1. The van der Waals surface area contributed by atoms with Gasteiger partial charge in [0.1, 0.15) is 12.1 Å². The summed E-state index contributed by atoms with van der Waals surface area (Å²) in [4.78, 5) is 16.6. The minimum atomic E-state index is 0.0658. The van der Waals surface area contributed by atoms with Gasteiger partial charge in [0.15, 0.2) is 5.65 Å². The van der Waals surface area contributed by atoms with Gasteiger partial charge in [0.25, 0.3) is 0 Å². The number of fused-ring (bicyclic) bond motifs is 1. The number of nitrogens with zero attached hydrogens (tertiary/aromatic N) is 6. The quantitative estimate of drug-likeness (QED) is 0.686. The van der Waals surface area contributed by atoms with Crippen LogP contribution < -0.4 is 4.90 Å². The standard InChI is InChI=1S/C17H16Cl2N6O/c18-13-2-1-12(14(19)10-13)9-17(26)24-7-5-23(6-8-24)16-4-3-15-21-20-11-25(15)22-16/h1-4,10-11H,5-9H2. The second kappa shape index (κ2) is 7.09. The molecule has 26 heavy (non-hydrogen) atoms. The smallest absolute Gasteiger partial charge is 0.227 e. The van der Waals surface area contributed by atoms with Crippen molar-refractivity contribution in [1.82, 2.24) is 24.7 Å². The van der Waals surface area contributed by atoms with E-state index in [0.717, 1.165) is 24.5 Å². The van der Waals surface area contributed by atoms with E-state index in [1.165, 1.54) is 0 Å². The number of amides is 1. The lowest BCUT2D eigenvalue weighted by Crippen LogP contribution is -2.49. The summed E-state index contributed by atoms with van der Waals surface area (Å²) in [5, 5.41) is 13.4. The summed E-state index contributed by atoms with van der Waals surface area (Å²) in [6, 6.07) is 9.03. The first kappa shape index (κ1) is 17.1. The summed E-state index contributed by atoms with van der Waals surface area (Å²) in [5.74, 6) is 0.918. The number of carbonyl (C=O) groups excluding carboxylic acids is 1. The van der Waals surface area contributed by atoms with Crippen molar-refractivity contribution in [3.63, 3.8) is 0 Å². The molecule has 0 atom stereocenters. The number of aromatic nitrogens is 4. The van der Waals surface area contributed by atoms with Crippen LogP contribution >= 0.6 is 23.2 Å². The number of halogens is 2. The Bertz CT molecular complexity index is 951. The van der Waals surface area contributed by atoms with Crippen LogP contribution in [0.4, 0.5) is 5.82 Å². The van der Waals surface area contributed by atoms with Gasteiger partial charge in [-0.2, -0.15) is 4.52 Å². The highest BCUT2D eigenvalue weighted by molar-refractivity contribution is 6.35. The van der Waals surface area contributed by atoms with E-state index in [-0.39, 0.29) is 12.3 Å².